The first-order valence-electron chi connectivity index (χ1n) is 14.2. The van der Waals surface area contributed by atoms with E-state index < -0.39 is 23.9 Å². The van der Waals surface area contributed by atoms with Crippen molar-refractivity contribution in [3.05, 3.63) is 0 Å². The molecule has 0 saturated carbocycles. The van der Waals surface area contributed by atoms with Gasteiger partial charge >= 0.3 is 63.3 Å². The van der Waals surface area contributed by atoms with Gasteiger partial charge in [-0.2, -0.15) is 0 Å². The van der Waals surface area contributed by atoms with Crippen LogP contribution in [0, 0.1) is 0 Å². The third-order valence-corrected chi connectivity index (χ3v) is 6.29. The molecule has 0 aromatic rings. The molecular formula is C28H52KNO5. The number of esters is 2. The molecule has 0 rings (SSSR count). The van der Waals surface area contributed by atoms with Gasteiger partial charge in [-0.05, 0) is 32.2 Å². The Morgan fingerprint density at radius 3 is 1.54 bits per heavy atom. The molecule has 0 amide bonds. The summed E-state index contributed by atoms with van der Waals surface area (Å²) in [6.07, 6.45) is 21.9. The minimum absolute atomic E-state index is 0. The van der Waals surface area contributed by atoms with Gasteiger partial charge in [0.1, 0.15) is 6.04 Å². The van der Waals surface area contributed by atoms with Crippen molar-refractivity contribution < 1.29 is 75.6 Å². The van der Waals surface area contributed by atoms with E-state index in [0.717, 1.165) is 38.5 Å². The predicted molar refractivity (Wildman–Crippen MR) is 136 cm³/mol. The maximum atomic E-state index is 12.3. The van der Waals surface area contributed by atoms with Crippen LogP contribution in [0.2, 0.25) is 0 Å². The van der Waals surface area contributed by atoms with Crippen molar-refractivity contribution in [2.75, 3.05) is 6.54 Å². The standard InChI is InChI=1S/C28H53NO5.K/c1-3-5-7-8-9-10-11-12-13-14-15-16-17-18-19-21-27(32)34-28(33)25(22-23-26(30)31)29-24-20-6-4-2;/h25,29H,3-24H2,1-2H3,(H,30,31);/q;+1/p-1. The van der Waals surface area contributed by atoms with Crippen LogP contribution in [-0.4, -0.2) is 30.5 Å². The Balaban J connectivity index is 0. The summed E-state index contributed by atoms with van der Waals surface area (Å²) < 4.78 is 4.97. The molecule has 0 bridgehead atoms. The Hall–Kier alpha value is 0.206. The first-order chi connectivity index (χ1) is 16.5. The number of carboxylic acids is 1. The zero-order valence-corrected chi connectivity index (χ0v) is 26.3. The van der Waals surface area contributed by atoms with Crippen LogP contribution in [0.15, 0.2) is 0 Å². The molecule has 0 heterocycles. The Labute approximate surface area is 257 Å². The van der Waals surface area contributed by atoms with Crippen molar-refractivity contribution in [2.45, 2.75) is 155 Å². The van der Waals surface area contributed by atoms with E-state index in [2.05, 4.69) is 19.2 Å². The van der Waals surface area contributed by atoms with Gasteiger partial charge in [-0.3, -0.25) is 4.79 Å². The molecule has 0 spiro atoms. The van der Waals surface area contributed by atoms with Crippen molar-refractivity contribution in [3.8, 4) is 0 Å². The maximum absolute atomic E-state index is 12.3. The molecule has 0 radical (unpaired) electrons. The van der Waals surface area contributed by atoms with Crippen LogP contribution in [0.1, 0.15) is 149 Å². The fourth-order valence-electron chi connectivity index (χ4n) is 4.09. The minimum atomic E-state index is -1.21. The molecule has 0 aliphatic carbocycles. The van der Waals surface area contributed by atoms with Crippen LogP contribution in [-0.2, 0) is 19.1 Å². The largest absolute Gasteiger partial charge is 1.00 e. The average Bonchev–Trinajstić information content (AvgIpc) is 2.80. The fraction of sp³-hybridized carbons (Fsp3) is 0.893. The van der Waals surface area contributed by atoms with Crippen molar-refractivity contribution in [1.29, 1.82) is 0 Å². The normalized spacial score (nSPS) is 11.6. The topological polar surface area (TPSA) is 95.5 Å². The van der Waals surface area contributed by atoms with E-state index in [1.54, 1.807) is 0 Å². The molecule has 1 unspecified atom stereocenters. The van der Waals surface area contributed by atoms with Crippen molar-refractivity contribution in [1.82, 2.24) is 5.32 Å². The van der Waals surface area contributed by atoms with Crippen molar-refractivity contribution >= 4 is 17.9 Å². The van der Waals surface area contributed by atoms with E-state index in [1.807, 2.05) is 0 Å². The van der Waals surface area contributed by atoms with E-state index in [0.29, 0.717) is 6.54 Å². The molecule has 6 nitrogen and oxygen atoms in total. The summed E-state index contributed by atoms with van der Waals surface area (Å²) in [5, 5.41) is 13.8. The van der Waals surface area contributed by atoms with Gasteiger partial charge in [0.2, 0.25) is 0 Å². The number of rotatable bonds is 25. The molecular weight excluding hydrogens is 469 g/mol. The second-order valence-corrected chi connectivity index (χ2v) is 9.62. The molecule has 1 atom stereocenters. The van der Waals surface area contributed by atoms with E-state index in [9.17, 15) is 19.5 Å². The van der Waals surface area contributed by atoms with Crippen LogP contribution in [0.25, 0.3) is 0 Å². The number of carbonyl (C=O) groups is 3. The number of hydrogen-bond acceptors (Lipinski definition) is 6. The minimum Gasteiger partial charge on any atom is -0.550 e. The number of carboxylic acid groups (broad SMARTS) is 1. The van der Waals surface area contributed by atoms with Gasteiger partial charge < -0.3 is 20.0 Å². The SMILES string of the molecule is CCCCCCCCCCCCCCCCCC(=O)OC(=O)C(CCC(=O)[O-])NCCCCC.[K+]. The van der Waals surface area contributed by atoms with E-state index >= 15 is 0 Å². The van der Waals surface area contributed by atoms with Gasteiger partial charge in [0.15, 0.2) is 0 Å². The van der Waals surface area contributed by atoms with Crippen LogP contribution < -0.4 is 61.8 Å². The average molecular weight is 522 g/mol. The maximum Gasteiger partial charge on any atom is 1.00 e. The zero-order chi connectivity index (χ0) is 25.3. The van der Waals surface area contributed by atoms with E-state index in [-0.39, 0.29) is 70.6 Å². The van der Waals surface area contributed by atoms with Gasteiger partial charge in [-0.15, -0.1) is 0 Å². The van der Waals surface area contributed by atoms with Gasteiger partial charge in [-0.1, -0.05) is 117 Å². The summed E-state index contributed by atoms with van der Waals surface area (Å²) in [5.41, 5.74) is 0. The third kappa shape index (κ3) is 27.1. The number of ether oxygens (including phenoxy) is 1. The second kappa shape index (κ2) is 28.8. The fourth-order valence-corrected chi connectivity index (χ4v) is 4.09. The van der Waals surface area contributed by atoms with Crippen molar-refractivity contribution in [2.24, 2.45) is 0 Å². The van der Waals surface area contributed by atoms with Crippen molar-refractivity contribution in [3.63, 3.8) is 0 Å². The van der Waals surface area contributed by atoms with Gasteiger partial charge in [0, 0.05) is 12.4 Å². The molecule has 0 aliphatic heterocycles. The van der Waals surface area contributed by atoms with Crippen LogP contribution in [0.3, 0.4) is 0 Å². The Morgan fingerprint density at radius 2 is 1.09 bits per heavy atom. The van der Waals surface area contributed by atoms with E-state index in [4.69, 9.17) is 4.74 Å². The summed E-state index contributed by atoms with van der Waals surface area (Å²) in [6.45, 7) is 4.93. The quantitative estimate of drug-likeness (QED) is 0.0859. The molecule has 0 aliphatic rings. The molecule has 1 N–H and O–H groups in total. The predicted octanol–water partition coefficient (Wildman–Crippen LogP) is 3.00. The Morgan fingerprint density at radius 1 is 0.657 bits per heavy atom. The smallest absolute Gasteiger partial charge is 0.550 e. The van der Waals surface area contributed by atoms with Crippen LogP contribution in [0.4, 0.5) is 0 Å². The number of hydrogen-bond donors (Lipinski definition) is 1. The number of nitrogens with one attached hydrogen (secondary N) is 1. The monoisotopic (exact) mass is 521 g/mol. The van der Waals surface area contributed by atoms with Gasteiger partial charge in [0.25, 0.3) is 0 Å². The molecule has 0 fully saturated rings. The number of unbranched alkanes of at least 4 members (excludes halogenated alkanes) is 16. The molecule has 35 heavy (non-hydrogen) atoms. The molecule has 0 aromatic carbocycles. The molecule has 0 saturated heterocycles. The zero-order valence-electron chi connectivity index (χ0n) is 23.2. The molecule has 7 heteroatoms. The second-order valence-electron chi connectivity index (χ2n) is 9.62. The number of carbonyl (C=O) groups excluding carboxylic acids is 3. The first kappa shape index (κ1) is 37.4. The van der Waals surface area contributed by atoms with Crippen LogP contribution >= 0.6 is 0 Å². The first-order valence-corrected chi connectivity index (χ1v) is 14.2. The molecule has 0 aromatic heterocycles. The van der Waals surface area contributed by atoms with Gasteiger partial charge in [0.05, 0.1) is 0 Å². The summed E-state index contributed by atoms with van der Waals surface area (Å²) in [4.78, 5) is 35.0. The van der Waals surface area contributed by atoms with E-state index in [1.165, 1.54) is 77.0 Å². The Kier molecular flexibility index (Phi) is 30.7. The molecule has 200 valence electrons. The summed E-state index contributed by atoms with van der Waals surface area (Å²) >= 11 is 0. The summed E-state index contributed by atoms with van der Waals surface area (Å²) in [6, 6.07) is -0.778. The third-order valence-electron chi connectivity index (χ3n) is 6.29. The van der Waals surface area contributed by atoms with Gasteiger partial charge in [-0.25, -0.2) is 4.79 Å². The van der Waals surface area contributed by atoms with Crippen LogP contribution in [0.5, 0.6) is 0 Å². The number of aliphatic carboxylic acids is 1. The summed E-state index contributed by atoms with van der Waals surface area (Å²) in [7, 11) is 0. The summed E-state index contributed by atoms with van der Waals surface area (Å²) in [5.74, 6) is -2.41. The Bertz CT molecular complexity index is 516.